The number of pyridine rings is 2. The van der Waals surface area contributed by atoms with Gasteiger partial charge in [-0.25, -0.2) is 0 Å². The van der Waals surface area contributed by atoms with Gasteiger partial charge in [0.2, 0.25) is 0 Å². The van der Waals surface area contributed by atoms with Crippen LogP contribution in [0.1, 0.15) is 42.5 Å². The van der Waals surface area contributed by atoms with Crippen LogP contribution in [0.15, 0.2) is 78.9 Å². The molecular formula is C26H25N3O4. The molecule has 7 heteroatoms. The fourth-order valence-corrected chi connectivity index (χ4v) is 3.81. The lowest BCUT2D eigenvalue weighted by molar-refractivity contribution is -0.140. The number of Topliss-reactive ketones (excluding diaryl/α,β-unsaturated/α-hetero) is 1. The smallest absolute Gasteiger partial charge is 0.295 e. The molecule has 0 radical (unpaired) electrons. The maximum atomic E-state index is 13.1. The average Bonchev–Trinajstić information content (AvgIpc) is 3.10. The standard InChI is InChI=1S/C26H25N3O4/c1-2-3-14-33-21-10-8-19(9-11-21)24(30)22-23(20-7-5-13-28-16-20)29(26(32)25(22)31)17-18-6-4-12-27-15-18/h4-13,15-16,23,30H,2-3,14,17H2,1H3/b24-22+/t23-/m0/s1. The van der Waals surface area contributed by atoms with Crippen molar-refractivity contribution in [2.45, 2.75) is 32.4 Å². The van der Waals surface area contributed by atoms with Gasteiger partial charge in [-0.3, -0.25) is 19.6 Å². The number of amides is 1. The molecule has 4 rings (SSSR count). The van der Waals surface area contributed by atoms with Gasteiger partial charge in [-0.1, -0.05) is 25.5 Å². The minimum Gasteiger partial charge on any atom is -0.507 e. The van der Waals surface area contributed by atoms with Gasteiger partial charge < -0.3 is 14.7 Å². The van der Waals surface area contributed by atoms with E-state index in [1.807, 2.05) is 6.07 Å². The van der Waals surface area contributed by atoms with Gasteiger partial charge in [0.15, 0.2) is 0 Å². The number of carbonyl (C=O) groups is 2. The third-order valence-corrected chi connectivity index (χ3v) is 5.51. The van der Waals surface area contributed by atoms with Gasteiger partial charge in [0.25, 0.3) is 11.7 Å². The van der Waals surface area contributed by atoms with Gasteiger partial charge >= 0.3 is 0 Å². The van der Waals surface area contributed by atoms with Crippen molar-refractivity contribution in [1.29, 1.82) is 0 Å². The van der Waals surface area contributed by atoms with Crippen molar-refractivity contribution >= 4 is 17.4 Å². The summed E-state index contributed by atoms with van der Waals surface area (Å²) in [6, 6.07) is 13.2. The highest BCUT2D eigenvalue weighted by atomic mass is 16.5. The van der Waals surface area contributed by atoms with E-state index in [0.29, 0.717) is 23.5 Å². The van der Waals surface area contributed by atoms with Crippen LogP contribution in [-0.2, 0) is 16.1 Å². The highest BCUT2D eigenvalue weighted by molar-refractivity contribution is 6.46. The quantitative estimate of drug-likeness (QED) is 0.242. The van der Waals surface area contributed by atoms with Crippen molar-refractivity contribution in [3.63, 3.8) is 0 Å². The Kier molecular flexibility index (Phi) is 6.78. The summed E-state index contributed by atoms with van der Waals surface area (Å²) >= 11 is 0. The normalized spacial score (nSPS) is 17.4. The van der Waals surface area contributed by atoms with E-state index in [-0.39, 0.29) is 17.9 Å². The first-order valence-corrected chi connectivity index (χ1v) is 10.9. The molecule has 3 aromatic rings. The van der Waals surface area contributed by atoms with Gasteiger partial charge in [-0.2, -0.15) is 0 Å². The summed E-state index contributed by atoms with van der Waals surface area (Å²) in [7, 11) is 0. The van der Waals surface area contributed by atoms with Crippen molar-refractivity contribution < 1.29 is 19.4 Å². The lowest BCUT2D eigenvalue weighted by Crippen LogP contribution is -2.29. The van der Waals surface area contributed by atoms with Crippen molar-refractivity contribution in [3.8, 4) is 5.75 Å². The first-order valence-electron chi connectivity index (χ1n) is 10.9. The molecule has 0 saturated carbocycles. The van der Waals surface area contributed by atoms with Crippen LogP contribution in [-0.4, -0.2) is 38.3 Å². The fraction of sp³-hybridized carbons (Fsp3) is 0.231. The number of rotatable bonds is 8. The average molecular weight is 444 g/mol. The van der Waals surface area contributed by atoms with Crippen LogP contribution in [0.3, 0.4) is 0 Å². The second-order valence-corrected chi connectivity index (χ2v) is 7.80. The number of hydrogen-bond donors (Lipinski definition) is 1. The third kappa shape index (κ3) is 4.77. The molecule has 0 bridgehead atoms. The number of likely N-dealkylation sites (tertiary alicyclic amines) is 1. The van der Waals surface area contributed by atoms with Gasteiger partial charge in [-0.05, 0) is 53.9 Å². The molecule has 0 unspecified atom stereocenters. The highest BCUT2D eigenvalue weighted by Gasteiger charge is 2.46. The summed E-state index contributed by atoms with van der Waals surface area (Å²) in [5, 5.41) is 11.1. The molecule has 1 aromatic carbocycles. The zero-order chi connectivity index (χ0) is 23.2. The van der Waals surface area contributed by atoms with E-state index in [9.17, 15) is 14.7 Å². The van der Waals surface area contributed by atoms with Crippen LogP contribution in [0.2, 0.25) is 0 Å². The Bertz CT molecular complexity index is 1150. The number of nitrogens with zero attached hydrogens (tertiary/aromatic N) is 3. The molecule has 1 fully saturated rings. The predicted molar refractivity (Wildman–Crippen MR) is 123 cm³/mol. The maximum absolute atomic E-state index is 13.1. The van der Waals surface area contributed by atoms with Crippen LogP contribution in [0, 0.1) is 0 Å². The van der Waals surface area contributed by atoms with Crippen LogP contribution in [0.4, 0.5) is 0 Å². The van der Waals surface area contributed by atoms with E-state index in [2.05, 4.69) is 16.9 Å². The number of aliphatic hydroxyl groups excluding tert-OH is 1. The first kappa shape index (κ1) is 22.2. The topological polar surface area (TPSA) is 92.6 Å². The van der Waals surface area contributed by atoms with Gasteiger partial charge in [0, 0.05) is 36.9 Å². The van der Waals surface area contributed by atoms with E-state index in [1.165, 1.54) is 4.90 Å². The van der Waals surface area contributed by atoms with Crippen molar-refractivity contribution in [1.82, 2.24) is 14.9 Å². The largest absolute Gasteiger partial charge is 0.507 e. The van der Waals surface area contributed by atoms with Crippen LogP contribution in [0.25, 0.3) is 5.76 Å². The van der Waals surface area contributed by atoms with E-state index in [0.717, 1.165) is 18.4 Å². The molecule has 1 atom stereocenters. The van der Waals surface area contributed by atoms with E-state index < -0.39 is 17.7 Å². The van der Waals surface area contributed by atoms with Gasteiger partial charge in [-0.15, -0.1) is 0 Å². The molecule has 1 saturated heterocycles. The summed E-state index contributed by atoms with van der Waals surface area (Å²) in [6.45, 7) is 2.88. The molecule has 3 heterocycles. The molecule has 1 aliphatic rings. The number of hydrogen-bond acceptors (Lipinski definition) is 6. The first-order chi connectivity index (χ1) is 16.1. The maximum Gasteiger partial charge on any atom is 0.295 e. The number of benzene rings is 1. The minimum atomic E-state index is -0.764. The van der Waals surface area contributed by atoms with Crippen LogP contribution >= 0.6 is 0 Å². The molecule has 2 aromatic heterocycles. The lowest BCUT2D eigenvalue weighted by Gasteiger charge is -2.25. The second-order valence-electron chi connectivity index (χ2n) is 7.80. The molecule has 33 heavy (non-hydrogen) atoms. The molecule has 0 aliphatic carbocycles. The van der Waals surface area contributed by atoms with Gasteiger partial charge in [0.1, 0.15) is 11.5 Å². The van der Waals surface area contributed by atoms with Crippen molar-refractivity contribution in [2.24, 2.45) is 0 Å². The summed E-state index contributed by atoms with van der Waals surface area (Å²) in [4.78, 5) is 35.8. The molecule has 7 nitrogen and oxygen atoms in total. The molecule has 1 aliphatic heterocycles. The highest BCUT2D eigenvalue weighted by Crippen LogP contribution is 2.40. The predicted octanol–water partition coefficient (Wildman–Crippen LogP) is 4.28. The van der Waals surface area contributed by atoms with Crippen molar-refractivity contribution in [2.75, 3.05) is 6.61 Å². The summed E-state index contributed by atoms with van der Waals surface area (Å²) in [5.41, 5.74) is 1.89. The zero-order valence-electron chi connectivity index (χ0n) is 18.3. The number of ether oxygens (including phenoxy) is 1. The Labute approximate surface area is 192 Å². The number of ketones is 1. The Balaban J connectivity index is 1.72. The number of aliphatic hydroxyl groups is 1. The zero-order valence-corrected chi connectivity index (χ0v) is 18.3. The second kappa shape index (κ2) is 10.1. The Morgan fingerprint density at radius 3 is 2.39 bits per heavy atom. The molecule has 0 spiro atoms. The minimum absolute atomic E-state index is 0.0385. The monoisotopic (exact) mass is 443 g/mol. The summed E-state index contributed by atoms with van der Waals surface area (Å²) in [6.07, 6.45) is 8.50. The van der Waals surface area contributed by atoms with E-state index in [1.54, 1.807) is 67.3 Å². The van der Waals surface area contributed by atoms with E-state index in [4.69, 9.17) is 4.74 Å². The molecular weight excluding hydrogens is 418 g/mol. The SMILES string of the molecule is CCCCOc1ccc(/C(O)=C2\C(=O)C(=O)N(Cc3cccnc3)[C@H]2c2cccnc2)cc1. The molecule has 168 valence electrons. The third-order valence-electron chi connectivity index (χ3n) is 5.51. The fourth-order valence-electron chi connectivity index (χ4n) is 3.81. The number of carbonyl (C=O) groups excluding carboxylic acids is 2. The lowest BCUT2D eigenvalue weighted by atomic mass is 9.96. The molecule has 1 N–H and O–H groups in total. The summed E-state index contributed by atoms with van der Waals surface area (Å²) < 4.78 is 5.68. The summed E-state index contributed by atoms with van der Waals surface area (Å²) in [5.74, 6) is -0.945. The van der Waals surface area contributed by atoms with Crippen LogP contribution in [0.5, 0.6) is 5.75 Å². The number of aromatic nitrogens is 2. The Hall–Kier alpha value is -4.00. The Morgan fingerprint density at radius 1 is 1.03 bits per heavy atom. The molecule has 1 amide bonds. The Morgan fingerprint density at radius 2 is 1.76 bits per heavy atom. The van der Waals surface area contributed by atoms with Gasteiger partial charge in [0.05, 0.1) is 18.2 Å². The van der Waals surface area contributed by atoms with E-state index >= 15 is 0 Å². The number of unbranched alkanes of at least 4 members (excludes halogenated alkanes) is 1. The van der Waals surface area contributed by atoms with Crippen molar-refractivity contribution in [3.05, 3.63) is 95.6 Å². The van der Waals surface area contributed by atoms with Crippen LogP contribution < -0.4 is 4.74 Å².